The molecular weight excluding hydrogens is 434 g/mol. The Morgan fingerprint density at radius 1 is 0.829 bits per heavy atom. The molecule has 0 saturated heterocycles. The normalized spacial score (nSPS) is 13.3. The lowest BCUT2D eigenvalue weighted by Gasteiger charge is -2.34. The first kappa shape index (κ1) is 28.9. The van der Waals surface area contributed by atoms with E-state index in [9.17, 15) is 4.79 Å². The molecule has 0 spiro atoms. The molecule has 0 aromatic heterocycles. The van der Waals surface area contributed by atoms with Gasteiger partial charge in [0.25, 0.3) is 0 Å². The van der Waals surface area contributed by atoms with E-state index in [1.165, 1.54) is 56.1 Å². The molecule has 0 bridgehead atoms. The largest absolute Gasteiger partial charge is 0.491 e. The lowest BCUT2D eigenvalue weighted by atomic mass is 10.0. The van der Waals surface area contributed by atoms with Crippen molar-refractivity contribution in [2.45, 2.75) is 97.2 Å². The minimum atomic E-state index is -0.240. The van der Waals surface area contributed by atoms with Gasteiger partial charge in [0.05, 0.1) is 26.8 Å². The van der Waals surface area contributed by atoms with Crippen LogP contribution in [0.3, 0.4) is 0 Å². The zero-order valence-corrected chi connectivity index (χ0v) is 22.8. The van der Waals surface area contributed by atoms with Crippen molar-refractivity contribution >= 4 is 5.97 Å². The molecule has 0 aliphatic heterocycles. The molecule has 0 saturated carbocycles. The molecule has 2 unspecified atom stereocenters. The summed E-state index contributed by atoms with van der Waals surface area (Å²) >= 11 is 0. The summed E-state index contributed by atoms with van der Waals surface area (Å²) in [7, 11) is 4.14. The fourth-order valence-electron chi connectivity index (χ4n) is 4.23. The number of likely N-dealkylation sites (N-methyl/N-ethyl adjacent to an activating group) is 1. The second kappa shape index (κ2) is 15.6. The number of esters is 1. The lowest BCUT2D eigenvalue weighted by Crippen LogP contribution is -2.51. The maximum atomic E-state index is 12.7. The van der Waals surface area contributed by atoms with Gasteiger partial charge < -0.3 is 14.0 Å². The smallest absolute Gasteiger partial charge is 0.364 e. The van der Waals surface area contributed by atoms with Crippen LogP contribution in [0.4, 0.5) is 0 Å². The van der Waals surface area contributed by atoms with E-state index in [1.54, 1.807) is 0 Å². The number of carbonyl (C=O) groups excluding carboxylic acids is 1. The van der Waals surface area contributed by atoms with Crippen molar-refractivity contribution in [3.8, 4) is 5.75 Å². The average Bonchev–Trinajstić information content (AvgIpc) is 2.84. The van der Waals surface area contributed by atoms with E-state index >= 15 is 0 Å². The number of benzene rings is 2. The predicted molar refractivity (Wildman–Crippen MR) is 146 cm³/mol. The molecule has 2 atom stereocenters. The van der Waals surface area contributed by atoms with Gasteiger partial charge in [0.1, 0.15) is 12.3 Å². The Kier molecular flexibility index (Phi) is 12.9. The van der Waals surface area contributed by atoms with Crippen LogP contribution in [-0.2, 0) is 22.5 Å². The van der Waals surface area contributed by atoms with Crippen LogP contribution in [0.1, 0.15) is 83.3 Å². The van der Waals surface area contributed by atoms with Crippen molar-refractivity contribution in [1.82, 2.24) is 0 Å². The van der Waals surface area contributed by atoms with E-state index in [2.05, 4.69) is 57.4 Å². The summed E-state index contributed by atoms with van der Waals surface area (Å²) in [5.74, 6) is 0.717. The topological polar surface area (TPSA) is 35.5 Å². The van der Waals surface area contributed by atoms with Gasteiger partial charge in [-0.2, -0.15) is 0 Å². The van der Waals surface area contributed by atoms with E-state index in [-0.39, 0.29) is 18.1 Å². The summed E-state index contributed by atoms with van der Waals surface area (Å²) in [6, 6.07) is 18.5. The van der Waals surface area contributed by atoms with Gasteiger partial charge in [-0.05, 0) is 44.4 Å². The van der Waals surface area contributed by atoms with Crippen LogP contribution in [0.5, 0.6) is 5.75 Å². The zero-order chi connectivity index (χ0) is 25.5. The Labute approximate surface area is 214 Å². The highest BCUT2D eigenvalue weighted by Crippen LogP contribution is 2.18. The SMILES string of the molecule is CCCCCCCCCc1ccc(OC(C)CCOC(=O)C(C)[N+](C)(C)Cc2ccccc2)cc1. The number of unbranched alkanes of at least 4 members (excludes halogenated alkanes) is 6. The van der Waals surface area contributed by atoms with Gasteiger partial charge in [-0.3, -0.25) is 0 Å². The number of ether oxygens (including phenoxy) is 2. The standard InChI is InChI=1S/C31H48NO3/c1-6-7-8-9-10-11-13-16-28-19-21-30(22-20-28)35-26(2)23-24-34-31(33)27(3)32(4,5)25-29-17-14-12-15-18-29/h12,14-15,17-22,26-27H,6-11,13,16,23-25H2,1-5H3/q+1. The predicted octanol–water partition coefficient (Wildman–Crippen LogP) is 7.35. The molecule has 35 heavy (non-hydrogen) atoms. The number of nitrogens with zero attached hydrogens (tertiary/aromatic N) is 1. The number of rotatable bonds is 17. The molecule has 0 aliphatic carbocycles. The molecule has 0 aliphatic rings. The van der Waals surface area contributed by atoms with Gasteiger partial charge in [0.15, 0.2) is 6.04 Å². The van der Waals surface area contributed by atoms with Crippen LogP contribution in [0, 0.1) is 0 Å². The second-order valence-corrected chi connectivity index (χ2v) is 10.5. The fraction of sp³-hybridized carbons (Fsp3) is 0.581. The number of hydrogen-bond acceptors (Lipinski definition) is 3. The van der Waals surface area contributed by atoms with E-state index in [1.807, 2.05) is 32.0 Å². The second-order valence-electron chi connectivity index (χ2n) is 10.5. The maximum absolute atomic E-state index is 12.7. The van der Waals surface area contributed by atoms with Gasteiger partial charge in [-0.1, -0.05) is 87.9 Å². The molecule has 0 fully saturated rings. The first-order chi connectivity index (χ1) is 16.8. The molecule has 0 N–H and O–H groups in total. The molecule has 0 amide bonds. The van der Waals surface area contributed by atoms with Crippen molar-refractivity contribution in [1.29, 1.82) is 0 Å². The summed E-state index contributed by atoms with van der Waals surface area (Å²) in [4.78, 5) is 12.7. The van der Waals surface area contributed by atoms with Crippen LogP contribution in [0.15, 0.2) is 54.6 Å². The highest BCUT2D eigenvalue weighted by molar-refractivity contribution is 5.74. The summed E-state index contributed by atoms with van der Waals surface area (Å²) in [5.41, 5.74) is 2.59. The molecule has 0 heterocycles. The number of carbonyl (C=O) groups is 1. The van der Waals surface area contributed by atoms with E-state index in [4.69, 9.17) is 9.47 Å². The Hall–Kier alpha value is -2.33. The van der Waals surface area contributed by atoms with Crippen LogP contribution < -0.4 is 4.74 Å². The molecule has 2 aromatic carbocycles. The molecule has 4 heteroatoms. The third kappa shape index (κ3) is 11.3. The fourth-order valence-corrected chi connectivity index (χ4v) is 4.23. The van der Waals surface area contributed by atoms with Crippen LogP contribution in [-0.4, -0.2) is 43.3 Å². The molecule has 4 nitrogen and oxygen atoms in total. The van der Waals surface area contributed by atoms with Crippen molar-refractivity contribution in [2.75, 3.05) is 20.7 Å². The van der Waals surface area contributed by atoms with Gasteiger partial charge in [-0.25, -0.2) is 4.79 Å². The molecule has 2 aromatic rings. The van der Waals surface area contributed by atoms with Crippen molar-refractivity contribution in [3.05, 3.63) is 65.7 Å². The van der Waals surface area contributed by atoms with E-state index in [0.29, 0.717) is 17.5 Å². The van der Waals surface area contributed by atoms with Gasteiger partial charge in [0, 0.05) is 12.0 Å². The summed E-state index contributed by atoms with van der Waals surface area (Å²) in [6.07, 6.45) is 11.2. The average molecular weight is 483 g/mol. The highest BCUT2D eigenvalue weighted by Gasteiger charge is 2.32. The molecule has 0 radical (unpaired) electrons. The lowest BCUT2D eigenvalue weighted by molar-refractivity contribution is -0.917. The Bertz CT molecular complexity index is 832. The van der Waals surface area contributed by atoms with Crippen molar-refractivity contribution in [2.24, 2.45) is 0 Å². The van der Waals surface area contributed by atoms with E-state index in [0.717, 1.165) is 18.7 Å². The summed E-state index contributed by atoms with van der Waals surface area (Å²) in [5, 5.41) is 0. The monoisotopic (exact) mass is 482 g/mol. The first-order valence-electron chi connectivity index (χ1n) is 13.6. The first-order valence-corrected chi connectivity index (χ1v) is 13.6. The molecular formula is C31H48NO3+. The Morgan fingerprint density at radius 3 is 2.11 bits per heavy atom. The number of quaternary nitrogens is 1. The van der Waals surface area contributed by atoms with Crippen molar-refractivity contribution < 1.29 is 18.8 Å². The maximum Gasteiger partial charge on any atom is 0.364 e. The third-order valence-corrected chi connectivity index (χ3v) is 6.92. The number of aryl methyl sites for hydroxylation is 1. The molecule has 194 valence electrons. The van der Waals surface area contributed by atoms with Crippen LogP contribution in [0.25, 0.3) is 0 Å². The minimum absolute atomic E-state index is 0.0149. The Balaban J connectivity index is 1.65. The zero-order valence-electron chi connectivity index (χ0n) is 22.8. The summed E-state index contributed by atoms with van der Waals surface area (Å²) in [6.45, 7) is 7.38. The highest BCUT2D eigenvalue weighted by atomic mass is 16.5. The molecule has 2 rings (SSSR count). The minimum Gasteiger partial charge on any atom is -0.491 e. The third-order valence-electron chi connectivity index (χ3n) is 6.92. The Morgan fingerprint density at radius 2 is 1.46 bits per heavy atom. The van der Waals surface area contributed by atoms with Crippen LogP contribution >= 0.6 is 0 Å². The van der Waals surface area contributed by atoms with Crippen molar-refractivity contribution in [3.63, 3.8) is 0 Å². The quantitative estimate of drug-likeness (QED) is 0.134. The summed E-state index contributed by atoms with van der Waals surface area (Å²) < 4.78 is 12.2. The van der Waals surface area contributed by atoms with Gasteiger partial charge in [0.2, 0.25) is 0 Å². The van der Waals surface area contributed by atoms with Crippen LogP contribution in [0.2, 0.25) is 0 Å². The van der Waals surface area contributed by atoms with E-state index < -0.39 is 0 Å². The van der Waals surface area contributed by atoms with Gasteiger partial charge in [-0.15, -0.1) is 0 Å². The number of hydrogen-bond donors (Lipinski definition) is 0. The van der Waals surface area contributed by atoms with Gasteiger partial charge >= 0.3 is 5.97 Å².